The first-order chi connectivity index (χ1) is 10.5. The Morgan fingerprint density at radius 2 is 2.00 bits per heavy atom. The Morgan fingerprint density at radius 3 is 2.68 bits per heavy atom. The molecule has 0 aromatic heterocycles. The van der Waals surface area contributed by atoms with E-state index in [0.29, 0.717) is 17.3 Å². The van der Waals surface area contributed by atoms with E-state index in [0.717, 1.165) is 12.1 Å². The molecule has 4 nitrogen and oxygen atoms in total. The summed E-state index contributed by atoms with van der Waals surface area (Å²) in [7, 11) is 0. The van der Waals surface area contributed by atoms with Crippen LogP contribution in [-0.4, -0.2) is 17.6 Å². The molecule has 0 aliphatic carbocycles. The lowest BCUT2D eigenvalue weighted by Crippen LogP contribution is -2.21. The molecule has 0 bridgehead atoms. The number of amides is 1. The van der Waals surface area contributed by atoms with Crippen LogP contribution in [0.2, 0.25) is 0 Å². The minimum absolute atomic E-state index is 0.208. The van der Waals surface area contributed by atoms with Crippen molar-refractivity contribution in [3.05, 3.63) is 59.7 Å². The number of ether oxygens (including phenoxy) is 1. The number of para-hydroxylation sites is 1. The second kappa shape index (κ2) is 7.00. The molecule has 0 heterocycles. The van der Waals surface area contributed by atoms with Gasteiger partial charge in [-0.15, -0.1) is 0 Å². The normalized spacial score (nSPS) is 11.8. The van der Waals surface area contributed by atoms with Crippen molar-refractivity contribution in [2.75, 3.05) is 11.9 Å². The van der Waals surface area contributed by atoms with Gasteiger partial charge in [-0.05, 0) is 25.1 Å². The van der Waals surface area contributed by atoms with Crippen LogP contribution in [0.5, 0.6) is 5.75 Å². The second-order valence-corrected chi connectivity index (χ2v) is 4.67. The van der Waals surface area contributed by atoms with Gasteiger partial charge >= 0.3 is 0 Å². The van der Waals surface area contributed by atoms with Gasteiger partial charge in [0.25, 0.3) is 5.91 Å². The second-order valence-electron chi connectivity index (χ2n) is 4.67. The van der Waals surface area contributed by atoms with Crippen molar-refractivity contribution in [1.82, 2.24) is 0 Å². The van der Waals surface area contributed by atoms with Gasteiger partial charge in [0.2, 0.25) is 0 Å². The van der Waals surface area contributed by atoms with Crippen LogP contribution < -0.4 is 10.1 Å². The van der Waals surface area contributed by atoms with E-state index in [9.17, 15) is 18.7 Å². The highest BCUT2D eigenvalue weighted by Crippen LogP contribution is 2.22. The molecular weight excluding hydrogens is 292 g/mol. The van der Waals surface area contributed by atoms with E-state index in [4.69, 9.17) is 4.74 Å². The third kappa shape index (κ3) is 4.02. The van der Waals surface area contributed by atoms with E-state index in [2.05, 4.69) is 5.32 Å². The molecule has 2 rings (SSSR count). The van der Waals surface area contributed by atoms with Crippen LogP contribution in [0, 0.1) is 11.6 Å². The molecule has 0 aliphatic heterocycles. The Kier molecular flexibility index (Phi) is 5.06. The summed E-state index contributed by atoms with van der Waals surface area (Å²) < 4.78 is 31.1. The Labute approximate surface area is 126 Å². The van der Waals surface area contributed by atoms with E-state index < -0.39 is 30.3 Å². The number of hydrogen-bond donors (Lipinski definition) is 2. The van der Waals surface area contributed by atoms with Crippen LogP contribution in [0.1, 0.15) is 18.6 Å². The molecule has 0 saturated heterocycles. The highest BCUT2D eigenvalue weighted by atomic mass is 19.1. The SMILES string of the molecule is CC(O)c1ccccc1NC(=O)COc1ccc(F)cc1F. The number of nitrogens with one attached hydrogen (secondary N) is 1. The van der Waals surface area contributed by atoms with Crippen LogP contribution in [0.4, 0.5) is 14.5 Å². The lowest BCUT2D eigenvalue weighted by molar-refractivity contribution is -0.118. The maximum absolute atomic E-state index is 13.4. The average molecular weight is 307 g/mol. The smallest absolute Gasteiger partial charge is 0.262 e. The summed E-state index contributed by atoms with van der Waals surface area (Å²) in [5.41, 5.74) is 1.01. The number of carbonyl (C=O) groups is 1. The van der Waals surface area contributed by atoms with Crippen molar-refractivity contribution in [3.63, 3.8) is 0 Å². The zero-order chi connectivity index (χ0) is 16.1. The lowest BCUT2D eigenvalue weighted by Gasteiger charge is -2.13. The first-order valence-electron chi connectivity index (χ1n) is 6.62. The Morgan fingerprint density at radius 1 is 1.27 bits per heavy atom. The fourth-order valence-electron chi connectivity index (χ4n) is 1.90. The Bertz CT molecular complexity index is 674. The number of hydrogen-bond acceptors (Lipinski definition) is 3. The summed E-state index contributed by atoms with van der Waals surface area (Å²) >= 11 is 0. The minimum Gasteiger partial charge on any atom is -0.481 e. The van der Waals surface area contributed by atoms with Gasteiger partial charge in [-0.2, -0.15) is 0 Å². The largest absolute Gasteiger partial charge is 0.481 e. The lowest BCUT2D eigenvalue weighted by atomic mass is 10.1. The van der Waals surface area contributed by atoms with Gasteiger partial charge in [-0.25, -0.2) is 8.78 Å². The molecule has 116 valence electrons. The van der Waals surface area contributed by atoms with Crippen molar-refractivity contribution in [2.24, 2.45) is 0 Å². The zero-order valence-corrected chi connectivity index (χ0v) is 11.8. The number of aliphatic hydroxyl groups excluding tert-OH is 1. The summed E-state index contributed by atoms with van der Waals surface area (Å²) in [4.78, 5) is 11.8. The molecule has 22 heavy (non-hydrogen) atoms. The molecule has 2 N–H and O–H groups in total. The van der Waals surface area contributed by atoms with Gasteiger partial charge in [0.05, 0.1) is 6.10 Å². The predicted octanol–water partition coefficient (Wildman–Crippen LogP) is 3.04. The van der Waals surface area contributed by atoms with Gasteiger partial charge in [-0.1, -0.05) is 18.2 Å². The van der Waals surface area contributed by atoms with Crippen LogP contribution in [0.3, 0.4) is 0 Å². The molecule has 2 aromatic rings. The highest BCUT2D eigenvalue weighted by Gasteiger charge is 2.12. The zero-order valence-electron chi connectivity index (χ0n) is 11.8. The van der Waals surface area contributed by atoms with Crippen LogP contribution in [0.15, 0.2) is 42.5 Å². The van der Waals surface area contributed by atoms with E-state index in [1.165, 1.54) is 0 Å². The number of rotatable bonds is 5. The maximum Gasteiger partial charge on any atom is 0.262 e. The summed E-state index contributed by atoms with van der Waals surface area (Å²) in [5, 5.41) is 12.2. The molecule has 0 fully saturated rings. The third-order valence-electron chi connectivity index (χ3n) is 2.94. The Hall–Kier alpha value is -2.47. The van der Waals surface area contributed by atoms with Crippen molar-refractivity contribution >= 4 is 11.6 Å². The molecule has 0 aliphatic rings. The maximum atomic E-state index is 13.4. The molecule has 0 saturated carbocycles. The number of aliphatic hydroxyl groups is 1. The molecule has 1 unspecified atom stereocenters. The average Bonchev–Trinajstić information content (AvgIpc) is 2.46. The van der Waals surface area contributed by atoms with Crippen molar-refractivity contribution in [1.29, 1.82) is 0 Å². The highest BCUT2D eigenvalue weighted by molar-refractivity contribution is 5.92. The van der Waals surface area contributed by atoms with Gasteiger partial charge in [0.1, 0.15) is 5.82 Å². The number of anilines is 1. The summed E-state index contributed by atoms with van der Waals surface area (Å²) in [6.45, 7) is 1.14. The van der Waals surface area contributed by atoms with Crippen LogP contribution >= 0.6 is 0 Å². The summed E-state index contributed by atoms with van der Waals surface area (Å²) in [5.74, 6) is -2.32. The third-order valence-corrected chi connectivity index (χ3v) is 2.94. The molecule has 2 aromatic carbocycles. The standard InChI is InChI=1S/C16H15F2NO3/c1-10(20)12-4-2-3-5-14(12)19-16(21)9-22-15-7-6-11(17)8-13(15)18/h2-8,10,20H,9H2,1H3,(H,19,21). The van der Waals surface area contributed by atoms with Gasteiger partial charge in [-0.3, -0.25) is 4.79 Å². The first kappa shape index (κ1) is 15.9. The van der Waals surface area contributed by atoms with Crippen LogP contribution in [0.25, 0.3) is 0 Å². The number of benzene rings is 2. The molecule has 6 heteroatoms. The number of halogens is 2. The fraction of sp³-hybridized carbons (Fsp3) is 0.188. The van der Waals surface area contributed by atoms with Gasteiger partial charge in [0, 0.05) is 17.3 Å². The van der Waals surface area contributed by atoms with Crippen molar-refractivity contribution < 1.29 is 23.4 Å². The van der Waals surface area contributed by atoms with Gasteiger partial charge < -0.3 is 15.2 Å². The van der Waals surface area contributed by atoms with Gasteiger partial charge in [0.15, 0.2) is 18.2 Å². The first-order valence-corrected chi connectivity index (χ1v) is 6.62. The molecule has 1 atom stereocenters. The predicted molar refractivity (Wildman–Crippen MR) is 77.6 cm³/mol. The molecule has 0 spiro atoms. The van der Waals surface area contributed by atoms with E-state index >= 15 is 0 Å². The topological polar surface area (TPSA) is 58.6 Å². The van der Waals surface area contributed by atoms with Crippen LogP contribution in [-0.2, 0) is 4.79 Å². The minimum atomic E-state index is -0.878. The van der Waals surface area contributed by atoms with Crippen molar-refractivity contribution in [3.8, 4) is 5.75 Å². The van der Waals surface area contributed by atoms with Crippen molar-refractivity contribution in [2.45, 2.75) is 13.0 Å². The monoisotopic (exact) mass is 307 g/mol. The quantitative estimate of drug-likeness (QED) is 0.892. The van der Waals surface area contributed by atoms with E-state index in [1.54, 1.807) is 31.2 Å². The van der Waals surface area contributed by atoms with E-state index in [1.807, 2.05) is 0 Å². The number of carbonyl (C=O) groups excluding carboxylic acids is 1. The Balaban J connectivity index is 1.99. The summed E-state index contributed by atoms with van der Waals surface area (Å²) in [6.07, 6.45) is -0.744. The summed E-state index contributed by atoms with van der Waals surface area (Å²) in [6, 6.07) is 9.60. The molecule has 0 radical (unpaired) electrons. The molecular formula is C16H15F2NO3. The fourth-order valence-corrected chi connectivity index (χ4v) is 1.90. The van der Waals surface area contributed by atoms with E-state index in [-0.39, 0.29) is 5.75 Å². The molecule has 1 amide bonds.